The van der Waals surface area contributed by atoms with Crippen LogP contribution in [0.1, 0.15) is 5.56 Å². The summed E-state index contributed by atoms with van der Waals surface area (Å²) in [4.78, 5) is 17.0. The minimum absolute atomic E-state index is 0.00955. The molecule has 1 saturated heterocycles. The molecule has 172 valence electrons. The number of rotatable bonds is 9. The third kappa shape index (κ3) is 6.70. The molecule has 2 aromatic rings. The maximum atomic E-state index is 12.7. The molecule has 0 aliphatic carbocycles. The highest BCUT2D eigenvalue weighted by atomic mass is 32.2. The lowest BCUT2D eigenvalue weighted by molar-refractivity contribution is -0.120. The number of carbonyl (C=O) groups is 1. The lowest BCUT2D eigenvalue weighted by Gasteiger charge is -2.26. The number of anilines is 1. The highest BCUT2D eigenvalue weighted by Crippen LogP contribution is 2.20. The lowest BCUT2D eigenvalue weighted by atomic mass is 10.2. The zero-order valence-electron chi connectivity index (χ0n) is 16.8. The summed E-state index contributed by atoms with van der Waals surface area (Å²) in [6.07, 6.45) is 1.30. The fourth-order valence-electron chi connectivity index (χ4n) is 2.80. The van der Waals surface area contributed by atoms with Crippen molar-refractivity contribution in [1.29, 1.82) is 0 Å². The first kappa shape index (κ1) is 23.6. The zero-order chi connectivity index (χ0) is 23.0. The number of nitrogens with one attached hydrogen (secondary N) is 1. The van der Waals surface area contributed by atoms with Gasteiger partial charge in [-0.1, -0.05) is 11.2 Å². The molecule has 32 heavy (non-hydrogen) atoms. The molecule has 2 aromatic carbocycles. The van der Waals surface area contributed by atoms with Gasteiger partial charge in [-0.3, -0.25) is 4.79 Å². The van der Waals surface area contributed by atoms with E-state index in [0.29, 0.717) is 24.5 Å². The van der Waals surface area contributed by atoms with E-state index in [4.69, 9.17) is 9.57 Å². The number of benzene rings is 2. The Morgan fingerprint density at radius 2 is 1.91 bits per heavy atom. The summed E-state index contributed by atoms with van der Waals surface area (Å²) >= 11 is 0. The van der Waals surface area contributed by atoms with Crippen molar-refractivity contribution in [3.05, 3.63) is 54.1 Å². The minimum Gasteiger partial charge on any atom is -0.435 e. The average Bonchev–Trinajstić information content (AvgIpc) is 2.78. The number of nitrogens with zero attached hydrogens (tertiary/aromatic N) is 2. The van der Waals surface area contributed by atoms with Crippen LogP contribution in [0.15, 0.2) is 58.6 Å². The van der Waals surface area contributed by atoms with E-state index in [-0.39, 0.29) is 23.7 Å². The summed E-state index contributed by atoms with van der Waals surface area (Å²) in [6.45, 7) is -2.11. The number of hydrogen-bond donors (Lipinski definition) is 1. The molecule has 0 aromatic heterocycles. The predicted molar refractivity (Wildman–Crippen MR) is 111 cm³/mol. The van der Waals surface area contributed by atoms with Gasteiger partial charge < -0.3 is 19.6 Å². The normalized spacial score (nSPS) is 15.1. The quantitative estimate of drug-likeness (QED) is 0.446. The highest BCUT2D eigenvalue weighted by Gasteiger charge is 2.26. The molecule has 0 unspecified atom stereocenters. The van der Waals surface area contributed by atoms with E-state index in [2.05, 4.69) is 15.2 Å². The van der Waals surface area contributed by atoms with Gasteiger partial charge in [0.05, 0.1) is 24.3 Å². The maximum absolute atomic E-state index is 12.7. The molecule has 12 heteroatoms. The van der Waals surface area contributed by atoms with Crippen LogP contribution in [0.5, 0.6) is 5.75 Å². The number of halogens is 2. The molecular weight excluding hydrogens is 448 g/mol. The topological polar surface area (TPSA) is 107 Å². The van der Waals surface area contributed by atoms with Gasteiger partial charge in [0.1, 0.15) is 5.75 Å². The van der Waals surface area contributed by atoms with Gasteiger partial charge in [-0.2, -0.15) is 13.1 Å². The molecule has 1 fully saturated rings. The molecule has 0 spiro atoms. The van der Waals surface area contributed by atoms with Crippen LogP contribution in [0.3, 0.4) is 0 Å². The van der Waals surface area contributed by atoms with Gasteiger partial charge in [-0.25, -0.2) is 8.42 Å². The number of alkyl halides is 2. The Morgan fingerprint density at radius 1 is 1.19 bits per heavy atom. The monoisotopic (exact) mass is 469 g/mol. The van der Waals surface area contributed by atoms with Crippen LogP contribution < -0.4 is 10.1 Å². The second-order valence-corrected chi connectivity index (χ2v) is 8.49. The summed E-state index contributed by atoms with van der Waals surface area (Å²) in [5.41, 5.74) is 0.847. The average molecular weight is 469 g/mol. The third-order valence-corrected chi connectivity index (χ3v) is 6.20. The Bertz CT molecular complexity index is 1040. The van der Waals surface area contributed by atoms with Gasteiger partial charge in [0.15, 0.2) is 6.61 Å². The van der Waals surface area contributed by atoms with Gasteiger partial charge in [0.2, 0.25) is 10.0 Å². The first-order valence-corrected chi connectivity index (χ1v) is 11.0. The maximum Gasteiger partial charge on any atom is 0.387 e. The van der Waals surface area contributed by atoms with E-state index in [1.165, 1.54) is 53.0 Å². The number of amides is 1. The van der Waals surface area contributed by atoms with Crippen molar-refractivity contribution in [3.63, 3.8) is 0 Å². The van der Waals surface area contributed by atoms with E-state index in [1.807, 2.05) is 0 Å². The number of oxime groups is 1. The largest absolute Gasteiger partial charge is 0.435 e. The molecule has 1 heterocycles. The van der Waals surface area contributed by atoms with E-state index in [0.717, 1.165) is 0 Å². The van der Waals surface area contributed by atoms with Crippen LogP contribution in [-0.2, 0) is 24.4 Å². The lowest BCUT2D eigenvalue weighted by Crippen LogP contribution is -2.40. The SMILES string of the molecule is O=C(CO/N=C/c1ccc(OC(F)F)cc1)Nc1cccc(S(=O)(=O)N2CCOCC2)c1. The second kappa shape index (κ2) is 11.0. The summed E-state index contributed by atoms with van der Waals surface area (Å²) in [7, 11) is -3.69. The van der Waals surface area contributed by atoms with Gasteiger partial charge in [-0.15, -0.1) is 0 Å². The minimum atomic E-state index is -3.69. The molecule has 9 nitrogen and oxygen atoms in total. The van der Waals surface area contributed by atoms with Crippen molar-refractivity contribution in [2.24, 2.45) is 5.16 Å². The van der Waals surface area contributed by atoms with E-state index in [9.17, 15) is 22.0 Å². The first-order chi connectivity index (χ1) is 15.3. The van der Waals surface area contributed by atoms with E-state index < -0.39 is 29.1 Å². The van der Waals surface area contributed by atoms with Crippen molar-refractivity contribution < 1.29 is 36.3 Å². The van der Waals surface area contributed by atoms with Gasteiger partial charge in [0.25, 0.3) is 5.91 Å². The Hall–Kier alpha value is -3.09. The van der Waals surface area contributed by atoms with Crippen molar-refractivity contribution >= 4 is 27.8 Å². The number of ether oxygens (including phenoxy) is 2. The highest BCUT2D eigenvalue weighted by molar-refractivity contribution is 7.89. The fraction of sp³-hybridized carbons (Fsp3) is 0.300. The molecule has 0 radical (unpaired) electrons. The Balaban J connectivity index is 1.51. The fourth-order valence-corrected chi connectivity index (χ4v) is 4.25. The van der Waals surface area contributed by atoms with Crippen LogP contribution in [0, 0.1) is 0 Å². The summed E-state index contributed by atoms with van der Waals surface area (Å²) < 4.78 is 60.4. The Morgan fingerprint density at radius 3 is 2.59 bits per heavy atom. The van der Waals surface area contributed by atoms with Crippen LogP contribution in [0.25, 0.3) is 0 Å². The van der Waals surface area contributed by atoms with Crippen molar-refractivity contribution in [1.82, 2.24) is 4.31 Å². The summed E-state index contributed by atoms with van der Waals surface area (Å²) in [5.74, 6) is -0.529. The van der Waals surface area contributed by atoms with Gasteiger partial charge >= 0.3 is 6.61 Å². The Kier molecular flexibility index (Phi) is 8.09. The molecular formula is C20H21F2N3O6S. The van der Waals surface area contributed by atoms with E-state index in [1.54, 1.807) is 6.07 Å². The molecule has 0 bridgehead atoms. The van der Waals surface area contributed by atoms with Crippen LogP contribution >= 0.6 is 0 Å². The van der Waals surface area contributed by atoms with Gasteiger partial charge in [-0.05, 0) is 48.0 Å². The molecule has 0 atom stereocenters. The second-order valence-electron chi connectivity index (χ2n) is 6.55. The first-order valence-electron chi connectivity index (χ1n) is 9.52. The van der Waals surface area contributed by atoms with Crippen molar-refractivity contribution in [2.45, 2.75) is 11.5 Å². The number of hydrogen-bond acceptors (Lipinski definition) is 7. The number of carbonyl (C=O) groups excluding carboxylic acids is 1. The van der Waals surface area contributed by atoms with Crippen LogP contribution in [0.2, 0.25) is 0 Å². The van der Waals surface area contributed by atoms with Gasteiger partial charge in [0, 0.05) is 18.8 Å². The molecule has 3 rings (SSSR count). The number of morpholine rings is 1. The van der Waals surface area contributed by atoms with Crippen LogP contribution in [0.4, 0.5) is 14.5 Å². The predicted octanol–water partition coefficient (Wildman–Crippen LogP) is 2.30. The van der Waals surface area contributed by atoms with Crippen molar-refractivity contribution in [2.75, 3.05) is 38.2 Å². The van der Waals surface area contributed by atoms with Crippen molar-refractivity contribution in [3.8, 4) is 5.75 Å². The zero-order valence-corrected chi connectivity index (χ0v) is 17.6. The molecule has 1 amide bonds. The summed E-state index contributed by atoms with van der Waals surface area (Å²) in [5, 5.41) is 6.19. The Labute approximate surface area is 183 Å². The molecule has 0 saturated carbocycles. The smallest absolute Gasteiger partial charge is 0.387 e. The summed E-state index contributed by atoms with van der Waals surface area (Å²) in [6, 6.07) is 11.6. The number of sulfonamides is 1. The molecule has 1 aliphatic heterocycles. The van der Waals surface area contributed by atoms with Crippen LogP contribution in [-0.4, -0.2) is 64.4 Å². The standard InChI is InChI=1S/C20H21F2N3O6S/c21-20(22)31-17-6-4-15(5-7-17)13-23-30-14-19(26)24-16-2-1-3-18(12-16)32(27,28)25-8-10-29-11-9-25/h1-7,12-13,20H,8-11,14H2,(H,24,26)/b23-13+. The molecule has 1 aliphatic rings. The molecule has 1 N–H and O–H groups in total. The third-order valence-electron chi connectivity index (χ3n) is 4.30. The van der Waals surface area contributed by atoms with E-state index >= 15 is 0 Å².